The van der Waals surface area contributed by atoms with E-state index in [9.17, 15) is 9.59 Å². The number of para-hydroxylation sites is 2. The molecule has 6 aromatic carbocycles. The van der Waals surface area contributed by atoms with Gasteiger partial charge in [0.15, 0.2) is 0 Å². The normalized spacial score (nSPS) is 12.3. The van der Waals surface area contributed by atoms with Gasteiger partial charge in [0, 0.05) is 24.6 Å². The third kappa shape index (κ3) is 7.74. The lowest BCUT2D eigenvalue weighted by molar-refractivity contribution is 0.0992. The SMILES string of the molecule is CCOCCOc1ccccc1C(=O)Nc1ccc(C2(c3ccc(NC(=O)c4ccccc4OCCOCC)cc3)c3ccccc3-c3ccccc32)cc1. The quantitative estimate of drug-likeness (QED) is 0.0962. The van der Waals surface area contributed by atoms with Gasteiger partial charge in [-0.2, -0.15) is 0 Å². The number of carbonyl (C=O) groups is 2. The van der Waals surface area contributed by atoms with Crippen LogP contribution in [-0.2, 0) is 14.9 Å². The molecule has 0 saturated heterocycles. The van der Waals surface area contributed by atoms with Crippen LogP contribution in [-0.4, -0.2) is 51.5 Å². The first-order valence-corrected chi connectivity index (χ1v) is 18.7. The van der Waals surface area contributed by atoms with Gasteiger partial charge in [-0.25, -0.2) is 0 Å². The largest absolute Gasteiger partial charge is 0.490 e. The topological polar surface area (TPSA) is 95.1 Å². The van der Waals surface area contributed by atoms with Gasteiger partial charge in [-0.3, -0.25) is 9.59 Å². The maximum absolute atomic E-state index is 13.5. The molecule has 8 nitrogen and oxygen atoms in total. The Bertz CT molecular complexity index is 2090. The van der Waals surface area contributed by atoms with Gasteiger partial charge in [0.1, 0.15) is 24.7 Å². The summed E-state index contributed by atoms with van der Waals surface area (Å²) in [4.78, 5) is 27.0. The lowest BCUT2D eigenvalue weighted by atomic mass is 9.67. The number of ether oxygens (including phenoxy) is 4. The summed E-state index contributed by atoms with van der Waals surface area (Å²) in [5, 5.41) is 6.13. The second kappa shape index (κ2) is 17.3. The predicted octanol–water partition coefficient (Wildman–Crippen LogP) is 9.38. The fourth-order valence-corrected chi connectivity index (χ4v) is 7.30. The molecule has 8 heteroatoms. The highest BCUT2D eigenvalue weighted by atomic mass is 16.5. The van der Waals surface area contributed by atoms with Crippen molar-refractivity contribution >= 4 is 23.2 Å². The summed E-state index contributed by atoms with van der Waals surface area (Å²) >= 11 is 0. The molecule has 1 aliphatic carbocycles. The van der Waals surface area contributed by atoms with Gasteiger partial charge in [0.05, 0.1) is 29.8 Å². The monoisotopic (exact) mass is 732 g/mol. The highest BCUT2D eigenvalue weighted by Crippen LogP contribution is 2.56. The minimum atomic E-state index is -0.666. The van der Waals surface area contributed by atoms with Crippen LogP contribution in [0.4, 0.5) is 11.4 Å². The Kier molecular flexibility index (Phi) is 11.7. The molecule has 0 radical (unpaired) electrons. The van der Waals surface area contributed by atoms with Crippen molar-refractivity contribution in [2.45, 2.75) is 19.3 Å². The summed E-state index contributed by atoms with van der Waals surface area (Å²) in [6.45, 7) is 6.66. The van der Waals surface area contributed by atoms with E-state index in [2.05, 4.69) is 83.4 Å². The third-order valence-corrected chi connectivity index (χ3v) is 9.75. The Morgan fingerprint density at radius 1 is 0.473 bits per heavy atom. The van der Waals surface area contributed by atoms with E-state index in [4.69, 9.17) is 18.9 Å². The van der Waals surface area contributed by atoms with Crippen LogP contribution in [0.1, 0.15) is 56.8 Å². The maximum Gasteiger partial charge on any atom is 0.259 e. The molecule has 6 aromatic rings. The molecule has 1 aliphatic rings. The highest BCUT2D eigenvalue weighted by molar-refractivity contribution is 6.07. The van der Waals surface area contributed by atoms with Crippen molar-refractivity contribution < 1.29 is 28.5 Å². The molecule has 278 valence electrons. The highest BCUT2D eigenvalue weighted by Gasteiger charge is 2.45. The molecule has 0 unspecified atom stereocenters. The fraction of sp³-hybridized carbons (Fsp3) is 0.191. The van der Waals surface area contributed by atoms with Gasteiger partial charge in [-0.1, -0.05) is 97.1 Å². The maximum atomic E-state index is 13.5. The van der Waals surface area contributed by atoms with E-state index in [-0.39, 0.29) is 11.8 Å². The van der Waals surface area contributed by atoms with Crippen LogP contribution < -0.4 is 20.1 Å². The first-order valence-electron chi connectivity index (χ1n) is 18.7. The van der Waals surface area contributed by atoms with Crippen LogP contribution in [0.2, 0.25) is 0 Å². The zero-order valence-electron chi connectivity index (χ0n) is 31.0. The predicted molar refractivity (Wildman–Crippen MR) is 217 cm³/mol. The van der Waals surface area contributed by atoms with Gasteiger partial charge >= 0.3 is 0 Å². The molecule has 2 N–H and O–H groups in total. The number of hydrogen-bond donors (Lipinski definition) is 2. The van der Waals surface area contributed by atoms with Crippen LogP contribution in [0.5, 0.6) is 11.5 Å². The van der Waals surface area contributed by atoms with Crippen LogP contribution in [0, 0.1) is 0 Å². The number of fused-ring (bicyclic) bond motifs is 3. The summed E-state index contributed by atoms with van der Waals surface area (Å²) in [5.41, 5.74) is 8.26. The van der Waals surface area contributed by atoms with Crippen molar-refractivity contribution in [1.29, 1.82) is 0 Å². The number of rotatable bonds is 16. The molecule has 0 saturated carbocycles. The minimum Gasteiger partial charge on any atom is -0.490 e. The molecule has 0 aliphatic heterocycles. The second-order valence-electron chi connectivity index (χ2n) is 13.0. The van der Waals surface area contributed by atoms with Crippen LogP contribution in [0.3, 0.4) is 0 Å². The van der Waals surface area contributed by atoms with Crippen molar-refractivity contribution in [3.63, 3.8) is 0 Å². The molecule has 0 fully saturated rings. The molecule has 0 heterocycles. The molecule has 7 rings (SSSR count). The van der Waals surface area contributed by atoms with E-state index >= 15 is 0 Å². The first-order chi connectivity index (χ1) is 27.0. The van der Waals surface area contributed by atoms with E-state index in [0.717, 1.165) is 33.4 Å². The van der Waals surface area contributed by atoms with Crippen molar-refractivity contribution in [3.05, 3.63) is 179 Å². The van der Waals surface area contributed by atoms with Crippen molar-refractivity contribution in [2.75, 3.05) is 50.3 Å². The first kappa shape index (κ1) is 37.1. The smallest absolute Gasteiger partial charge is 0.259 e. The third-order valence-electron chi connectivity index (χ3n) is 9.75. The van der Waals surface area contributed by atoms with Gasteiger partial charge < -0.3 is 29.6 Å². The Labute approximate surface area is 322 Å². The minimum absolute atomic E-state index is 0.261. The van der Waals surface area contributed by atoms with Crippen LogP contribution in [0.15, 0.2) is 146 Å². The summed E-state index contributed by atoms with van der Waals surface area (Å²) in [5.74, 6) is 0.486. The molecular weight excluding hydrogens is 689 g/mol. The van der Waals surface area contributed by atoms with E-state index < -0.39 is 5.41 Å². The lowest BCUT2D eigenvalue weighted by Crippen LogP contribution is -2.28. The number of hydrogen-bond acceptors (Lipinski definition) is 6. The number of anilines is 2. The summed E-state index contributed by atoms with van der Waals surface area (Å²) in [6.07, 6.45) is 0. The molecule has 0 atom stereocenters. The number of carbonyl (C=O) groups excluding carboxylic acids is 2. The van der Waals surface area contributed by atoms with Gasteiger partial charge in [0.25, 0.3) is 11.8 Å². The zero-order chi connectivity index (χ0) is 38.0. The van der Waals surface area contributed by atoms with E-state index in [1.807, 2.05) is 62.4 Å². The van der Waals surface area contributed by atoms with Crippen LogP contribution in [0.25, 0.3) is 11.1 Å². The van der Waals surface area contributed by atoms with E-state index in [1.54, 1.807) is 24.3 Å². The van der Waals surface area contributed by atoms with E-state index in [1.165, 1.54) is 0 Å². The fourth-order valence-electron chi connectivity index (χ4n) is 7.30. The van der Waals surface area contributed by atoms with Gasteiger partial charge in [-0.15, -0.1) is 0 Å². The molecular formula is C47H44N2O6. The lowest BCUT2D eigenvalue weighted by Gasteiger charge is -2.34. The Balaban J connectivity index is 1.19. The molecule has 55 heavy (non-hydrogen) atoms. The summed E-state index contributed by atoms with van der Waals surface area (Å²) < 4.78 is 22.5. The molecule has 0 spiro atoms. The average Bonchev–Trinajstić information content (AvgIpc) is 3.53. The second-order valence-corrected chi connectivity index (χ2v) is 13.0. The van der Waals surface area contributed by atoms with Crippen molar-refractivity contribution in [2.24, 2.45) is 0 Å². The molecule has 0 aromatic heterocycles. The zero-order valence-corrected chi connectivity index (χ0v) is 31.0. The number of nitrogens with one attached hydrogen (secondary N) is 2. The molecule has 2 amide bonds. The number of benzene rings is 6. The standard InChI is InChI=1S/C47H44N2O6/c1-3-52-29-31-54-43-19-11-7-15-39(43)45(50)48-35-25-21-33(22-26-35)47(41-17-9-5-13-37(41)38-14-6-10-18-42(38)47)34-23-27-36(28-24-34)49-46(51)40-16-8-12-20-44(40)55-32-30-53-4-2/h5-28H,3-4,29-32H2,1-2H3,(H,48,50)(H,49,51). The Morgan fingerprint density at radius 2 is 0.855 bits per heavy atom. The van der Waals surface area contributed by atoms with Crippen molar-refractivity contribution in [3.8, 4) is 22.6 Å². The van der Waals surface area contributed by atoms with Crippen LogP contribution >= 0.6 is 0 Å². The van der Waals surface area contributed by atoms with Crippen molar-refractivity contribution in [1.82, 2.24) is 0 Å². The summed E-state index contributed by atoms with van der Waals surface area (Å²) in [7, 11) is 0. The average molecular weight is 733 g/mol. The van der Waals surface area contributed by atoms with E-state index in [0.29, 0.717) is 73.6 Å². The van der Waals surface area contributed by atoms with Gasteiger partial charge in [0.2, 0.25) is 0 Å². The molecule has 0 bridgehead atoms. The number of amides is 2. The Morgan fingerprint density at radius 3 is 1.27 bits per heavy atom. The summed E-state index contributed by atoms with van der Waals surface area (Å²) in [6, 6.07) is 47.5. The van der Waals surface area contributed by atoms with Gasteiger partial charge in [-0.05, 0) is 95.8 Å². The Hall–Kier alpha value is -6.22.